The number of benzene rings is 2. The van der Waals surface area contributed by atoms with Gasteiger partial charge in [0.2, 0.25) is 0 Å². The number of methoxy groups -OCH3 is 1. The zero-order valence-electron chi connectivity index (χ0n) is 12.3. The van der Waals surface area contributed by atoms with Gasteiger partial charge in [0.15, 0.2) is 18.2 Å². The summed E-state index contributed by atoms with van der Waals surface area (Å²) in [6.45, 7) is -0.0562. The number of ketones is 2. The van der Waals surface area contributed by atoms with Crippen LogP contribution in [0.3, 0.4) is 0 Å². The van der Waals surface area contributed by atoms with Crippen molar-refractivity contribution in [1.82, 2.24) is 0 Å². The highest BCUT2D eigenvalue weighted by molar-refractivity contribution is 6.01. The second kappa shape index (κ2) is 6.02. The minimum Gasteiger partial charge on any atom is -0.497 e. The molecule has 0 atom stereocenters. The van der Waals surface area contributed by atoms with Crippen molar-refractivity contribution in [1.29, 1.82) is 0 Å². The first-order valence-corrected chi connectivity index (χ1v) is 7.13. The molecule has 1 aliphatic rings. The van der Waals surface area contributed by atoms with E-state index >= 15 is 0 Å². The number of carbonyl (C=O) groups excluding carboxylic acids is 2. The summed E-state index contributed by atoms with van der Waals surface area (Å²) in [5.41, 5.74) is 2.34. The number of hydrogen-bond donors (Lipinski definition) is 0. The number of ether oxygens (including phenoxy) is 2. The van der Waals surface area contributed by atoms with Crippen LogP contribution in [0.1, 0.15) is 32.7 Å². The van der Waals surface area contributed by atoms with Crippen LogP contribution >= 0.6 is 0 Å². The largest absolute Gasteiger partial charge is 0.497 e. The van der Waals surface area contributed by atoms with Gasteiger partial charge in [-0.05, 0) is 48.4 Å². The van der Waals surface area contributed by atoms with Crippen molar-refractivity contribution < 1.29 is 19.1 Å². The second-order valence-electron chi connectivity index (χ2n) is 5.18. The smallest absolute Gasteiger partial charge is 0.200 e. The van der Waals surface area contributed by atoms with Crippen LogP contribution in [0.25, 0.3) is 0 Å². The van der Waals surface area contributed by atoms with Crippen LogP contribution in [0.15, 0.2) is 42.5 Å². The molecule has 0 fully saturated rings. The van der Waals surface area contributed by atoms with E-state index in [1.165, 1.54) is 0 Å². The predicted molar refractivity (Wildman–Crippen MR) is 81.9 cm³/mol. The van der Waals surface area contributed by atoms with E-state index in [1.54, 1.807) is 43.5 Å². The van der Waals surface area contributed by atoms with Crippen molar-refractivity contribution in [2.24, 2.45) is 0 Å². The van der Waals surface area contributed by atoms with Gasteiger partial charge in [-0.1, -0.05) is 6.07 Å². The van der Waals surface area contributed by atoms with Gasteiger partial charge < -0.3 is 9.47 Å². The summed E-state index contributed by atoms with van der Waals surface area (Å²) in [6.07, 6.45) is 1.35. The predicted octanol–water partition coefficient (Wildman–Crippen LogP) is 3.09. The summed E-state index contributed by atoms with van der Waals surface area (Å²) >= 11 is 0. The van der Waals surface area contributed by atoms with E-state index in [9.17, 15) is 9.59 Å². The third-order valence-electron chi connectivity index (χ3n) is 3.79. The summed E-state index contributed by atoms with van der Waals surface area (Å²) in [7, 11) is 1.58. The molecule has 0 spiro atoms. The summed E-state index contributed by atoms with van der Waals surface area (Å²) in [5, 5.41) is 0. The van der Waals surface area contributed by atoms with Crippen molar-refractivity contribution in [3.63, 3.8) is 0 Å². The molecule has 0 saturated heterocycles. The van der Waals surface area contributed by atoms with Crippen LogP contribution < -0.4 is 9.47 Å². The first-order valence-electron chi connectivity index (χ1n) is 7.13. The molecule has 0 aromatic heterocycles. The summed E-state index contributed by atoms with van der Waals surface area (Å²) < 4.78 is 10.6. The average molecular weight is 296 g/mol. The lowest BCUT2D eigenvalue weighted by Gasteiger charge is -2.07. The molecule has 0 radical (unpaired) electrons. The lowest BCUT2D eigenvalue weighted by Crippen LogP contribution is -2.11. The molecule has 1 aliphatic carbocycles. The Morgan fingerprint density at radius 2 is 1.77 bits per heavy atom. The monoisotopic (exact) mass is 296 g/mol. The fraction of sp³-hybridized carbons (Fsp3) is 0.222. The van der Waals surface area contributed by atoms with E-state index < -0.39 is 0 Å². The molecule has 0 aliphatic heterocycles. The Morgan fingerprint density at radius 1 is 1.05 bits per heavy atom. The summed E-state index contributed by atoms with van der Waals surface area (Å²) in [4.78, 5) is 23.8. The molecule has 0 amide bonds. The summed E-state index contributed by atoms with van der Waals surface area (Å²) in [6, 6.07) is 12.3. The highest BCUT2D eigenvalue weighted by Crippen LogP contribution is 2.26. The molecule has 2 aromatic rings. The Balaban J connectivity index is 1.66. The fourth-order valence-corrected chi connectivity index (χ4v) is 2.51. The molecular formula is C18H16O4. The topological polar surface area (TPSA) is 52.6 Å². The van der Waals surface area contributed by atoms with Crippen LogP contribution in [-0.2, 0) is 6.42 Å². The van der Waals surface area contributed by atoms with Crippen LogP contribution in [0, 0.1) is 0 Å². The Labute approximate surface area is 128 Å². The average Bonchev–Trinajstić information content (AvgIpc) is 2.93. The number of fused-ring (bicyclic) bond motifs is 1. The molecule has 4 heteroatoms. The van der Waals surface area contributed by atoms with Gasteiger partial charge in [0.1, 0.15) is 11.5 Å². The first-order chi connectivity index (χ1) is 10.7. The zero-order chi connectivity index (χ0) is 15.5. The van der Waals surface area contributed by atoms with E-state index in [-0.39, 0.29) is 18.2 Å². The van der Waals surface area contributed by atoms with E-state index in [0.717, 1.165) is 17.5 Å². The lowest BCUT2D eigenvalue weighted by molar-refractivity contribution is 0.0921. The van der Waals surface area contributed by atoms with Crippen molar-refractivity contribution in [2.75, 3.05) is 13.7 Å². The van der Waals surface area contributed by atoms with Gasteiger partial charge in [0.25, 0.3) is 0 Å². The van der Waals surface area contributed by atoms with Crippen molar-refractivity contribution >= 4 is 11.6 Å². The standard InChI is InChI=1S/C18H16O4/c1-21-14-6-3-13(4-7-14)18(20)11-22-15-8-2-12-5-9-17(19)16(12)10-15/h2-4,6-8,10H,5,9,11H2,1H3. The van der Waals surface area contributed by atoms with Crippen molar-refractivity contribution in [2.45, 2.75) is 12.8 Å². The number of Topliss-reactive ketones (excluding diaryl/α,β-unsaturated/α-hetero) is 2. The Morgan fingerprint density at radius 3 is 2.50 bits per heavy atom. The molecule has 0 N–H and O–H groups in total. The number of carbonyl (C=O) groups is 2. The van der Waals surface area contributed by atoms with Gasteiger partial charge in [0, 0.05) is 17.5 Å². The van der Waals surface area contributed by atoms with Gasteiger partial charge in [-0.2, -0.15) is 0 Å². The summed E-state index contributed by atoms with van der Waals surface area (Å²) in [5.74, 6) is 1.28. The molecule has 2 aromatic carbocycles. The van der Waals surface area contributed by atoms with E-state index in [0.29, 0.717) is 23.5 Å². The van der Waals surface area contributed by atoms with Crippen LogP contribution in [-0.4, -0.2) is 25.3 Å². The van der Waals surface area contributed by atoms with Gasteiger partial charge in [-0.25, -0.2) is 0 Å². The van der Waals surface area contributed by atoms with Gasteiger partial charge in [-0.15, -0.1) is 0 Å². The third-order valence-corrected chi connectivity index (χ3v) is 3.79. The lowest BCUT2D eigenvalue weighted by atomic mass is 10.1. The highest BCUT2D eigenvalue weighted by atomic mass is 16.5. The Kier molecular flexibility index (Phi) is 3.92. The molecule has 22 heavy (non-hydrogen) atoms. The van der Waals surface area contributed by atoms with Gasteiger partial charge in [-0.3, -0.25) is 9.59 Å². The number of aryl methyl sites for hydroxylation is 1. The first kappa shape index (κ1) is 14.3. The second-order valence-corrected chi connectivity index (χ2v) is 5.18. The molecule has 0 bridgehead atoms. The molecule has 0 unspecified atom stereocenters. The quantitative estimate of drug-likeness (QED) is 0.796. The Hall–Kier alpha value is -2.62. The molecule has 0 heterocycles. The Bertz CT molecular complexity index is 716. The maximum Gasteiger partial charge on any atom is 0.200 e. The molecule has 0 saturated carbocycles. The maximum atomic E-state index is 12.1. The van der Waals surface area contributed by atoms with Gasteiger partial charge >= 0.3 is 0 Å². The normalized spacial score (nSPS) is 12.9. The SMILES string of the molecule is COc1ccc(C(=O)COc2ccc3c(c2)C(=O)CC3)cc1. The van der Waals surface area contributed by atoms with Crippen LogP contribution in [0.2, 0.25) is 0 Å². The highest BCUT2D eigenvalue weighted by Gasteiger charge is 2.19. The fourth-order valence-electron chi connectivity index (χ4n) is 2.51. The van der Waals surface area contributed by atoms with E-state index in [1.807, 2.05) is 6.07 Å². The van der Waals surface area contributed by atoms with E-state index in [2.05, 4.69) is 0 Å². The molecule has 3 rings (SSSR count). The van der Waals surface area contributed by atoms with Crippen molar-refractivity contribution in [3.05, 3.63) is 59.2 Å². The minimum atomic E-state index is -0.116. The molecule has 112 valence electrons. The maximum absolute atomic E-state index is 12.1. The molecular weight excluding hydrogens is 280 g/mol. The number of rotatable bonds is 5. The van der Waals surface area contributed by atoms with Crippen LogP contribution in [0.5, 0.6) is 11.5 Å². The van der Waals surface area contributed by atoms with E-state index in [4.69, 9.17) is 9.47 Å². The third kappa shape index (κ3) is 2.86. The van der Waals surface area contributed by atoms with Gasteiger partial charge in [0.05, 0.1) is 7.11 Å². The number of hydrogen-bond acceptors (Lipinski definition) is 4. The van der Waals surface area contributed by atoms with Crippen LogP contribution in [0.4, 0.5) is 0 Å². The minimum absolute atomic E-state index is 0.0562. The van der Waals surface area contributed by atoms with Crippen molar-refractivity contribution in [3.8, 4) is 11.5 Å². The molecule has 4 nitrogen and oxygen atoms in total. The zero-order valence-corrected chi connectivity index (χ0v) is 12.3.